The Morgan fingerprint density at radius 1 is 1.25 bits per heavy atom. The maximum atomic E-state index is 5.80. The molecule has 2 aromatic rings. The predicted molar refractivity (Wildman–Crippen MR) is 64.9 cm³/mol. The van der Waals surface area contributed by atoms with E-state index in [9.17, 15) is 0 Å². The Balaban J connectivity index is 2.31. The topological polar surface area (TPSA) is 48.1 Å². The number of hydrogen-bond acceptors (Lipinski definition) is 3. The zero-order valence-electron chi connectivity index (χ0n) is 8.77. The Hall–Kier alpha value is -1.74. The zero-order valence-corrected chi connectivity index (χ0v) is 9.53. The van der Waals surface area contributed by atoms with E-state index in [0.29, 0.717) is 22.2 Å². The van der Waals surface area contributed by atoms with E-state index in [1.165, 1.54) is 0 Å². The number of hydrogen-bond donors (Lipinski definition) is 1. The zero-order chi connectivity index (χ0) is 11.5. The average Bonchev–Trinajstić information content (AvgIpc) is 2.25. The second-order valence-electron chi connectivity index (χ2n) is 3.37. The molecule has 0 saturated carbocycles. The second-order valence-corrected chi connectivity index (χ2v) is 3.81. The third-order valence-corrected chi connectivity index (χ3v) is 2.39. The number of pyridine rings is 1. The van der Waals surface area contributed by atoms with E-state index >= 15 is 0 Å². The number of ether oxygens (including phenoxy) is 1. The first-order valence-corrected chi connectivity index (χ1v) is 5.19. The summed E-state index contributed by atoms with van der Waals surface area (Å²) in [5.41, 5.74) is 7.12. The summed E-state index contributed by atoms with van der Waals surface area (Å²) < 4.78 is 5.65. The lowest BCUT2D eigenvalue weighted by Crippen LogP contribution is -1.94. The second kappa shape index (κ2) is 4.41. The normalized spacial score (nSPS) is 10.1. The summed E-state index contributed by atoms with van der Waals surface area (Å²) in [5.74, 6) is 1.28. The summed E-state index contributed by atoms with van der Waals surface area (Å²) in [5, 5.41) is 0.591. The summed E-state index contributed by atoms with van der Waals surface area (Å²) in [6, 6.07) is 8.79. The molecule has 0 amide bonds. The molecule has 1 aromatic carbocycles. The molecule has 2 rings (SSSR count). The van der Waals surface area contributed by atoms with E-state index in [-0.39, 0.29) is 0 Å². The van der Waals surface area contributed by atoms with Crippen molar-refractivity contribution in [2.24, 2.45) is 0 Å². The molecule has 0 saturated heterocycles. The fraction of sp³-hybridized carbons (Fsp3) is 0.0833. The smallest absolute Gasteiger partial charge is 0.150 e. The van der Waals surface area contributed by atoms with Gasteiger partial charge in [0, 0.05) is 11.2 Å². The van der Waals surface area contributed by atoms with Crippen molar-refractivity contribution in [1.82, 2.24) is 4.98 Å². The molecule has 0 unspecified atom stereocenters. The van der Waals surface area contributed by atoms with E-state index in [1.54, 1.807) is 24.4 Å². The molecular weight excluding hydrogens is 224 g/mol. The van der Waals surface area contributed by atoms with Gasteiger partial charge in [0.25, 0.3) is 0 Å². The summed E-state index contributed by atoms with van der Waals surface area (Å²) in [7, 11) is 0. The summed E-state index contributed by atoms with van der Waals surface area (Å²) >= 11 is 5.80. The highest BCUT2D eigenvalue weighted by Gasteiger charge is 2.05. The van der Waals surface area contributed by atoms with Crippen molar-refractivity contribution in [3.63, 3.8) is 0 Å². The van der Waals surface area contributed by atoms with Crippen LogP contribution in [0.5, 0.6) is 11.5 Å². The molecule has 0 aliphatic carbocycles. The van der Waals surface area contributed by atoms with E-state index < -0.39 is 0 Å². The molecule has 1 aromatic heterocycles. The number of halogens is 1. The summed E-state index contributed by atoms with van der Waals surface area (Å²) in [6.07, 6.45) is 1.72. The van der Waals surface area contributed by atoms with Crippen LogP contribution in [0.1, 0.15) is 5.69 Å². The number of nitrogen functional groups attached to an aromatic ring is 1. The van der Waals surface area contributed by atoms with Crippen molar-refractivity contribution in [3.05, 3.63) is 47.2 Å². The number of rotatable bonds is 2. The third kappa shape index (κ3) is 2.25. The van der Waals surface area contributed by atoms with Gasteiger partial charge in [0.05, 0.1) is 11.4 Å². The number of aromatic nitrogens is 1. The van der Waals surface area contributed by atoms with Crippen molar-refractivity contribution in [2.45, 2.75) is 6.92 Å². The van der Waals surface area contributed by atoms with Gasteiger partial charge in [0.2, 0.25) is 0 Å². The highest BCUT2D eigenvalue weighted by Crippen LogP contribution is 2.30. The highest BCUT2D eigenvalue weighted by molar-refractivity contribution is 6.30. The molecule has 2 N–H and O–H groups in total. The SMILES string of the molecule is Cc1ncccc1Oc1ccc(Cl)cc1N. The fourth-order valence-electron chi connectivity index (χ4n) is 1.31. The summed E-state index contributed by atoms with van der Waals surface area (Å²) in [4.78, 5) is 4.13. The summed E-state index contributed by atoms with van der Waals surface area (Å²) in [6.45, 7) is 1.88. The van der Waals surface area contributed by atoms with Gasteiger partial charge in [-0.05, 0) is 37.3 Å². The molecule has 82 valence electrons. The van der Waals surface area contributed by atoms with Crippen molar-refractivity contribution in [2.75, 3.05) is 5.73 Å². The van der Waals surface area contributed by atoms with Gasteiger partial charge in [-0.25, -0.2) is 0 Å². The van der Waals surface area contributed by atoms with Crippen LogP contribution in [0.4, 0.5) is 5.69 Å². The molecule has 0 aliphatic heterocycles. The molecule has 3 nitrogen and oxygen atoms in total. The lowest BCUT2D eigenvalue weighted by molar-refractivity contribution is 0.478. The van der Waals surface area contributed by atoms with Crippen LogP contribution in [0.3, 0.4) is 0 Å². The van der Waals surface area contributed by atoms with Crippen molar-refractivity contribution in [1.29, 1.82) is 0 Å². The number of nitrogens with two attached hydrogens (primary N) is 1. The first-order chi connectivity index (χ1) is 7.66. The standard InChI is InChI=1S/C12H11ClN2O/c1-8-11(3-2-6-15-8)16-12-5-4-9(13)7-10(12)14/h2-7H,14H2,1H3. The predicted octanol–water partition coefficient (Wildman–Crippen LogP) is 3.42. The van der Waals surface area contributed by atoms with Crippen LogP contribution >= 0.6 is 11.6 Å². The van der Waals surface area contributed by atoms with Gasteiger partial charge < -0.3 is 10.5 Å². The van der Waals surface area contributed by atoms with Crippen LogP contribution in [-0.4, -0.2) is 4.98 Å². The van der Waals surface area contributed by atoms with E-state index in [0.717, 1.165) is 5.69 Å². The maximum absolute atomic E-state index is 5.80. The van der Waals surface area contributed by atoms with Crippen LogP contribution in [0.15, 0.2) is 36.5 Å². The van der Waals surface area contributed by atoms with Crippen LogP contribution in [-0.2, 0) is 0 Å². The third-order valence-electron chi connectivity index (χ3n) is 2.15. The van der Waals surface area contributed by atoms with Gasteiger partial charge in [-0.2, -0.15) is 0 Å². The minimum atomic E-state index is 0.510. The van der Waals surface area contributed by atoms with Crippen LogP contribution in [0, 0.1) is 6.92 Å². The quantitative estimate of drug-likeness (QED) is 0.810. The molecule has 4 heteroatoms. The molecule has 0 spiro atoms. The van der Waals surface area contributed by atoms with Crippen LogP contribution in [0.2, 0.25) is 5.02 Å². The Kier molecular flexibility index (Phi) is 2.97. The number of nitrogens with zero attached hydrogens (tertiary/aromatic N) is 1. The Morgan fingerprint density at radius 3 is 2.75 bits per heavy atom. The largest absolute Gasteiger partial charge is 0.453 e. The lowest BCUT2D eigenvalue weighted by Gasteiger charge is -2.09. The molecule has 0 aliphatic rings. The van der Waals surface area contributed by atoms with E-state index in [4.69, 9.17) is 22.1 Å². The Labute approximate surface area is 98.8 Å². The molecule has 0 fully saturated rings. The lowest BCUT2D eigenvalue weighted by atomic mass is 10.3. The first kappa shape index (κ1) is 10.8. The highest BCUT2D eigenvalue weighted by atomic mass is 35.5. The van der Waals surface area contributed by atoms with Crippen molar-refractivity contribution < 1.29 is 4.74 Å². The molecular formula is C12H11ClN2O. The van der Waals surface area contributed by atoms with Crippen molar-refractivity contribution >= 4 is 17.3 Å². The molecule has 0 bridgehead atoms. The molecule has 16 heavy (non-hydrogen) atoms. The van der Waals surface area contributed by atoms with Crippen LogP contribution in [0.25, 0.3) is 0 Å². The maximum Gasteiger partial charge on any atom is 0.150 e. The van der Waals surface area contributed by atoms with Gasteiger partial charge in [0.15, 0.2) is 5.75 Å². The van der Waals surface area contributed by atoms with Gasteiger partial charge in [-0.1, -0.05) is 11.6 Å². The number of anilines is 1. The van der Waals surface area contributed by atoms with Gasteiger partial charge in [0.1, 0.15) is 5.75 Å². The first-order valence-electron chi connectivity index (χ1n) is 4.81. The van der Waals surface area contributed by atoms with Gasteiger partial charge >= 0.3 is 0 Å². The Bertz CT molecular complexity index is 514. The molecule has 1 heterocycles. The average molecular weight is 235 g/mol. The minimum Gasteiger partial charge on any atom is -0.453 e. The number of aryl methyl sites for hydroxylation is 1. The van der Waals surface area contributed by atoms with Gasteiger partial charge in [-0.15, -0.1) is 0 Å². The Morgan fingerprint density at radius 2 is 2.06 bits per heavy atom. The van der Waals surface area contributed by atoms with E-state index in [1.807, 2.05) is 19.1 Å². The monoisotopic (exact) mass is 234 g/mol. The fourth-order valence-corrected chi connectivity index (χ4v) is 1.49. The van der Waals surface area contributed by atoms with Gasteiger partial charge in [-0.3, -0.25) is 4.98 Å². The molecule has 0 radical (unpaired) electrons. The van der Waals surface area contributed by atoms with Crippen LogP contribution < -0.4 is 10.5 Å². The minimum absolute atomic E-state index is 0.510. The number of benzene rings is 1. The van der Waals surface area contributed by atoms with E-state index in [2.05, 4.69) is 4.98 Å². The van der Waals surface area contributed by atoms with Crippen molar-refractivity contribution in [3.8, 4) is 11.5 Å². The molecule has 0 atom stereocenters.